The summed E-state index contributed by atoms with van der Waals surface area (Å²) in [4.78, 5) is 15.4. The fraction of sp³-hybridized carbons (Fsp3) is 0.600. The fourth-order valence-electron chi connectivity index (χ4n) is 1.99. The van der Waals surface area contributed by atoms with Crippen molar-refractivity contribution in [1.82, 2.24) is 9.55 Å². The van der Waals surface area contributed by atoms with E-state index in [1.807, 2.05) is 0 Å². The van der Waals surface area contributed by atoms with Crippen LogP contribution in [0.3, 0.4) is 0 Å². The molecule has 0 aromatic carbocycles. The first-order valence-electron chi connectivity index (χ1n) is 5.51. The molecule has 0 radical (unpaired) electrons. The lowest BCUT2D eigenvalue weighted by atomic mass is 10.1. The van der Waals surface area contributed by atoms with Gasteiger partial charge in [0.2, 0.25) is 0 Å². The molecule has 1 fully saturated rings. The van der Waals surface area contributed by atoms with Crippen LogP contribution in [-0.2, 0) is 9.47 Å². The average Bonchev–Trinajstić information content (AvgIpc) is 2.70. The Bertz CT molecular complexity index is 522. The van der Waals surface area contributed by atoms with Crippen LogP contribution < -0.4 is 11.4 Å². The summed E-state index contributed by atoms with van der Waals surface area (Å²) in [6, 6.07) is 0. The molecule has 8 nitrogen and oxygen atoms in total. The Labute approximate surface area is 116 Å². The van der Waals surface area contributed by atoms with Crippen LogP contribution >= 0.6 is 15.9 Å². The van der Waals surface area contributed by atoms with Gasteiger partial charge in [0.25, 0.3) is 0 Å². The molecule has 4 N–H and O–H groups in total. The molecule has 1 aromatic rings. The lowest BCUT2D eigenvalue weighted by Gasteiger charge is -2.20. The van der Waals surface area contributed by atoms with Gasteiger partial charge in [0.05, 0.1) is 11.1 Å². The van der Waals surface area contributed by atoms with Gasteiger partial charge in [0, 0.05) is 13.3 Å². The average molecular weight is 336 g/mol. The zero-order chi connectivity index (χ0) is 14.2. The number of ether oxygens (including phenoxy) is 2. The monoisotopic (exact) mass is 335 g/mol. The van der Waals surface area contributed by atoms with Crippen LogP contribution in [0.4, 0.5) is 5.82 Å². The summed E-state index contributed by atoms with van der Waals surface area (Å²) in [6.07, 6.45) is -2.11. The smallest absolute Gasteiger partial charge is 0.351 e. The van der Waals surface area contributed by atoms with Crippen molar-refractivity contribution in [3.8, 4) is 0 Å². The number of aliphatic hydroxyl groups is 2. The number of halogens is 1. The molecular formula is C10H14BrN3O5. The highest BCUT2D eigenvalue weighted by Crippen LogP contribution is 2.31. The van der Waals surface area contributed by atoms with Gasteiger partial charge in [-0.15, -0.1) is 0 Å². The van der Waals surface area contributed by atoms with E-state index in [1.54, 1.807) is 0 Å². The normalized spacial score (nSPS) is 30.7. The third kappa shape index (κ3) is 2.51. The predicted molar refractivity (Wildman–Crippen MR) is 68.4 cm³/mol. The van der Waals surface area contributed by atoms with Gasteiger partial charge in [0.15, 0.2) is 6.23 Å². The molecule has 0 aliphatic carbocycles. The third-order valence-corrected chi connectivity index (χ3v) is 3.58. The predicted octanol–water partition coefficient (Wildman–Crippen LogP) is -1.15. The Morgan fingerprint density at radius 3 is 2.95 bits per heavy atom. The standard InChI is InChI=1S/C10H14BrN3O5/c1-18-7-6(16)5(3-15)19-9(7)14-2-4(11)8(12)13-10(14)17/h2,5-7,9,15-16H,3H2,1H3,(H2,12,13,17)/t5-,6-,7-,9-/m1/s1. The van der Waals surface area contributed by atoms with Crippen molar-refractivity contribution in [2.24, 2.45) is 0 Å². The zero-order valence-corrected chi connectivity index (χ0v) is 11.6. The van der Waals surface area contributed by atoms with Gasteiger partial charge in [-0.05, 0) is 15.9 Å². The first-order chi connectivity index (χ1) is 8.99. The van der Waals surface area contributed by atoms with Crippen molar-refractivity contribution in [1.29, 1.82) is 0 Å². The number of hydrogen-bond donors (Lipinski definition) is 3. The lowest BCUT2D eigenvalue weighted by Crippen LogP contribution is -2.37. The van der Waals surface area contributed by atoms with E-state index in [-0.39, 0.29) is 12.4 Å². The molecule has 0 saturated carbocycles. The quantitative estimate of drug-likeness (QED) is 0.638. The van der Waals surface area contributed by atoms with Crippen LogP contribution in [0.2, 0.25) is 0 Å². The first kappa shape index (κ1) is 14.4. The summed E-state index contributed by atoms with van der Waals surface area (Å²) in [7, 11) is 1.38. The van der Waals surface area contributed by atoms with E-state index < -0.39 is 30.2 Å². The third-order valence-electron chi connectivity index (χ3n) is 2.97. The largest absolute Gasteiger partial charge is 0.394 e. The molecule has 0 unspecified atom stereocenters. The van der Waals surface area contributed by atoms with Crippen LogP contribution in [0.25, 0.3) is 0 Å². The molecule has 2 heterocycles. The number of nitrogens with zero attached hydrogens (tertiary/aromatic N) is 2. The molecule has 0 spiro atoms. The maximum atomic E-state index is 11.8. The van der Waals surface area contributed by atoms with Crippen LogP contribution in [0.1, 0.15) is 6.23 Å². The van der Waals surface area contributed by atoms with E-state index in [1.165, 1.54) is 13.3 Å². The van der Waals surface area contributed by atoms with Gasteiger partial charge in [0.1, 0.15) is 24.1 Å². The van der Waals surface area contributed by atoms with E-state index in [0.717, 1.165) is 4.57 Å². The van der Waals surface area contributed by atoms with E-state index in [0.29, 0.717) is 4.47 Å². The molecular weight excluding hydrogens is 322 g/mol. The number of methoxy groups -OCH3 is 1. The van der Waals surface area contributed by atoms with E-state index >= 15 is 0 Å². The Morgan fingerprint density at radius 2 is 2.37 bits per heavy atom. The molecule has 19 heavy (non-hydrogen) atoms. The van der Waals surface area contributed by atoms with Crippen molar-refractivity contribution >= 4 is 21.7 Å². The van der Waals surface area contributed by atoms with E-state index in [4.69, 9.17) is 20.3 Å². The van der Waals surface area contributed by atoms with Gasteiger partial charge in [-0.3, -0.25) is 4.57 Å². The Hall–Kier alpha value is -1.00. The second-order valence-corrected chi connectivity index (χ2v) is 4.96. The molecule has 106 valence electrons. The summed E-state index contributed by atoms with van der Waals surface area (Å²) in [5, 5.41) is 19.0. The number of aliphatic hydroxyl groups excluding tert-OH is 2. The van der Waals surface area contributed by atoms with Crippen LogP contribution in [0.15, 0.2) is 15.5 Å². The van der Waals surface area contributed by atoms with E-state index in [2.05, 4.69) is 20.9 Å². The molecule has 9 heteroatoms. The minimum Gasteiger partial charge on any atom is -0.394 e. The van der Waals surface area contributed by atoms with Crippen LogP contribution in [0, 0.1) is 0 Å². The van der Waals surface area contributed by atoms with E-state index in [9.17, 15) is 9.90 Å². The first-order valence-corrected chi connectivity index (χ1v) is 6.30. The number of aromatic nitrogens is 2. The van der Waals surface area contributed by atoms with Gasteiger partial charge < -0.3 is 25.4 Å². The molecule has 1 aliphatic rings. The van der Waals surface area contributed by atoms with Gasteiger partial charge in [-0.2, -0.15) is 4.98 Å². The van der Waals surface area contributed by atoms with Gasteiger partial charge in [-0.1, -0.05) is 0 Å². The maximum Gasteiger partial charge on any atom is 0.351 e. The summed E-state index contributed by atoms with van der Waals surface area (Å²) < 4.78 is 12.1. The molecule has 2 rings (SSSR count). The summed E-state index contributed by atoms with van der Waals surface area (Å²) in [5.41, 5.74) is 4.88. The summed E-state index contributed by atoms with van der Waals surface area (Å²) >= 11 is 3.16. The Kier molecular flexibility index (Phi) is 4.21. The van der Waals surface area contributed by atoms with Crippen LogP contribution in [0.5, 0.6) is 0 Å². The van der Waals surface area contributed by atoms with Crippen molar-refractivity contribution in [2.75, 3.05) is 19.5 Å². The van der Waals surface area contributed by atoms with Gasteiger partial charge >= 0.3 is 5.69 Å². The minimum absolute atomic E-state index is 0.0625. The zero-order valence-electron chi connectivity index (χ0n) is 10.1. The van der Waals surface area contributed by atoms with Crippen molar-refractivity contribution in [3.63, 3.8) is 0 Å². The van der Waals surface area contributed by atoms with Crippen molar-refractivity contribution in [3.05, 3.63) is 21.2 Å². The fourth-order valence-corrected chi connectivity index (χ4v) is 2.30. The van der Waals surface area contributed by atoms with Gasteiger partial charge in [-0.25, -0.2) is 4.79 Å². The molecule has 1 saturated heterocycles. The molecule has 0 amide bonds. The minimum atomic E-state index is -1.04. The molecule has 1 aliphatic heterocycles. The number of anilines is 1. The Balaban J connectivity index is 2.41. The molecule has 0 bridgehead atoms. The number of rotatable bonds is 3. The number of nitrogen functional groups attached to an aromatic ring is 1. The second kappa shape index (κ2) is 5.55. The topological polar surface area (TPSA) is 120 Å². The van der Waals surface area contributed by atoms with Crippen LogP contribution in [-0.4, -0.2) is 51.8 Å². The maximum absolute atomic E-state index is 11.8. The summed E-state index contributed by atoms with van der Waals surface area (Å²) in [5.74, 6) is 0.0625. The SMILES string of the molecule is CO[C@@H]1[C@H](O)[C@@H](CO)O[C@H]1n1cc(Br)c(N)nc1=O. The Morgan fingerprint density at radius 1 is 1.68 bits per heavy atom. The molecule has 1 aromatic heterocycles. The molecule has 4 atom stereocenters. The number of nitrogens with two attached hydrogens (primary N) is 1. The highest BCUT2D eigenvalue weighted by molar-refractivity contribution is 9.10. The highest BCUT2D eigenvalue weighted by Gasteiger charge is 2.45. The summed E-state index contributed by atoms with van der Waals surface area (Å²) in [6.45, 7) is -0.379. The van der Waals surface area contributed by atoms with Crippen molar-refractivity contribution in [2.45, 2.75) is 24.5 Å². The lowest BCUT2D eigenvalue weighted by molar-refractivity contribution is -0.0625. The highest BCUT2D eigenvalue weighted by atomic mass is 79.9. The second-order valence-electron chi connectivity index (χ2n) is 4.10. The van der Waals surface area contributed by atoms with Crippen molar-refractivity contribution < 1.29 is 19.7 Å². The number of hydrogen-bond acceptors (Lipinski definition) is 7.